The molecule has 1 aliphatic rings. The number of hydrogen-bond acceptors (Lipinski definition) is 4. The largest absolute Gasteiger partial charge is 0.380 e. The summed E-state index contributed by atoms with van der Waals surface area (Å²) in [6, 6.07) is 6.96. The smallest absolute Gasteiger partial charge is 0.317 e. The van der Waals surface area contributed by atoms with Crippen molar-refractivity contribution in [3.8, 4) is 0 Å². The second kappa shape index (κ2) is 7.18. The van der Waals surface area contributed by atoms with Crippen molar-refractivity contribution in [3.05, 3.63) is 29.8 Å². The highest BCUT2D eigenvalue weighted by molar-refractivity contribution is 7.92. The second-order valence-corrected chi connectivity index (χ2v) is 7.67. The molecule has 1 atom stereocenters. The minimum absolute atomic E-state index is 0.104. The van der Waals surface area contributed by atoms with Crippen LogP contribution in [0.25, 0.3) is 0 Å². The van der Waals surface area contributed by atoms with Crippen LogP contribution < -0.4 is 9.62 Å². The minimum Gasteiger partial charge on any atom is -0.380 e. The normalized spacial score (nSPS) is 18.0. The van der Waals surface area contributed by atoms with Gasteiger partial charge in [-0.25, -0.2) is 13.2 Å². The quantitative estimate of drug-likeness (QED) is 0.867. The molecular formula is C15H23N3O4S. The van der Waals surface area contributed by atoms with E-state index in [2.05, 4.69) is 5.32 Å². The van der Waals surface area contributed by atoms with Crippen molar-refractivity contribution in [2.75, 3.05) is 37.8 Å². The van der Waals surface area contributed by atoms with Crippen LogP contribution >= 0.6 is 0 Å². The molecule has 1 aromatic rings. The highest BCUT2D eigenvalue weighted by Crippen LogP contribution is 2.17. The maximum Gasteiger partial charge on any atom is 0.317 e. The average molecular weight is 341 g/mol. The summed E-state index contributed by atoms with van der Waals surface area (Å²) in [4.78, 5) is 13.8. The lowest BCUT2D eigenvalue weighted by Gasteiger charge is -2.19. The Labute approximate surface area is 137 Å². The van der Waals surface area contributed by atoms with Gasteiger partial charge in [-0.05, 0) is 24.1 Å². The number of anilines is 1. The van der Waals surface area contributed by atoms with Gasteiger partial charge in [0.25, 0.3) is 0 Å². The van der Waals surface area contributed by atoms with Gasteiger partial charge in [0.1, 0.15) is 0 Å². The van der Waals surface area contributed by atoms with E-state index < -0.39 is 10.0 Å². The van der Waals surface area contributed by atoms with Crippen LogP contribution in [0.1, 0.15) is 12.0 Å². The van der Waals surface area contributed by atoms with Crippen LogP contribution in [0.4, 0.5) is 10.5 Å². The molecule has 1 heterocycles. The van der Waals surface area contributed by atoms with E-state index in [4.69, 9.17) is 4.74 Å². The molecule has 8 heteroatoms. The fraction of sp³-hybridized carbons (Fsp3) is 0.533. The molecule has 0 spiro atoms. The Kier molecular flexibility index (Phi) is 5.48. The molecule has 2 rings (SSSR count). The van der Waals surface area contributed by atoms with Crippen LogP contribution in [0.15, 0.2) is 24.3 Å². The maximum absolute atomic E-state index is 12.1. The maximum atomic E-state index is 12.1. The van der Waals surface area contributed by atoms with Crippen molar-refractivity contribution in [2.24, 2.45) is 0 Å². The van der Waals surface area contributed by atoms with Gasteiger partial charge in [0.05, 0.1) is 18.0 Å². The van der Waals surface area contributed by atoms with Gasteiger partial charge >= 0.3 is 6.03 Å². The molecule has 7 nitrogen and oxygen atoms in total. The number of ether oxygens (including phenoxy) is 1. The first-order valence-corrected chi connectivity index (χ1v) is 9.24. The third kappa shape index (κ3) is 4.59. The van der Waals surface area contributed by atoms with Gasteiger partial charge in [-0.1, -0.05) is 12.1 Å². The molecular weight excluding hydrogens is 318 g/mol. The molecule has 1 N–H and O–H groups in total. The Hall–Kier alpha value is -1.80. The van der Waals surface area contributed by atoms with E-state index in [1.54, 1.807) is 30.2 Å². The van der Waals surface area contributed by atoms with Gasteiger partial charge in [-0.2, -0.15) is 0 Å². The van der Waals surface area contributed by atoms with Crippen LogP contribution in [-0.4, -0.2) is 59.0 Å². The highest BCUT2D eigenvalue weighted by atomic mass is 32.2. The number of methoxy groups -OCH3 is 1. The first kappa shape index (κ1) is 17.6. The molecule has 0 aliphatic carbocycles. The fourth-order valence-electron chi connectivity index (χ4n) is 2.45. The Bertz CT molecular complexity index is 662. The number of urea groups is 1. The van der Waals surface area contributed by atoms with E-state index in [-0.39, 0.29) is 12.1 Å². The fourth-order valence-corrected chi connectivity index (χ4v) is 2.94. The summed E-state index contributed by atoms with van der Waals surface area (Å²) in [6.07, 6.45) is 2.10. The zero-order chi connectivity index (χ0) is 17.0. The van der Waals surface area contributed by atoms with Crippen molar-refractivity contribution in [3.63, 3.8) is 0 Å². The number of carbonyl (C=O) groups excluding carboxylic acids is 1. The molecule has 128 valence electrons. The summed E-state index contributed by atoms with van der Waals surface area (Å²) < 4.78 is 29.6. The van der Waals surface area contributed by atoms with Gasteiger partial charge < -0.3 is 15.0 Å². The van der Waals surface area contributed by atoms with Gasteiger partial charge in [0.2, 0.25) is 10.0 Å². The third-order valence-corrected chi connectivity index (χ3v) is 5.19. The predicted molar refractivity (Wildman–Crippen MR) is 88.9 cm³/mol. The lowest BCUT2D eigenvalue weighted by Crippen LogP contribution is -2.38. The van der Waals surface area contributed by atoms with E-state index >= 15 is 0 Å². The number of nitrogens with zero attached hydrogens (tertiary/aromatic N) is 2. The van der Waals surface area contributed by atoms with E-state index in [0.29, 0.717) is 25.3 Å². The molecule has 0 saturated carbocycles. The van der Waals surface area contributed by atoms with E-state index in [9.17, 15) is 13.2 Å². The molecule has 0 unspecified atom stereocenters. The van der Waals surface area contributed by atoms with Crippen molar-refractivity contribution in [2.45, 2.75) is 19.1 Å². The summed E-state index contributed by atoms with van der Waals surface area (Å²) in [7, 11) is -0.151. The molecule has 2 amide bonds. The topological polar surface area (TPSA) is 79.0 Å². The Balaban J connectivity index is 1.95. The number of likely N-dealkylation sites (tertiary alicyclic amines) is 1. The Morgan fingerprint density at radius 3 is 2.83 bits per heavy atom. The van der Waals surface area contributed by atoms with Gasteiger partial charge in [0, 0.05) is 33.8 Å². The standard InChI is InChI=1S/C15H23N3O4S/c1-17(23(3,20)21)13-6-4-5-12(9-13)10-16-15(19)18-8-7-14(11-18)22-2/h4-6,9,14H,7-8,10-11H2,1-3H3,(H,16,19)/t14-/m0/s1. The van der Waals surface area contributed by atoms with Crippen molar-refractivity contribution in [1.29, 1.82) is 0 Å². The lowest BCUT2D eigenvalue weighted by molar-refractivity contribution is 0.110. The van der Waals surface area contributed by atoms with Crippen LogP contribution in [0.5, 0.6) is 0 Å². The molecule has 1 fully saturated rings. The first-order chi connectivity index (χ1) is 10.8. The SMILES string of the molecule is CO[C@H]1CCN(C(=O)NCc2cccc(N(C)S(C)(=O)=O)c2)C1. The first-order valence-electron chi connectivity index (χ1n) is 7.39. The number of sulfonamides is 1. The number of carbonyl (C=O) groups is 1. The van der Waals surface area contributed by atoms with Crippen LogP contribution in [0.3, 0.4) is 0 Å². The van der Waals surface area contributed by atoms with Gasteiger partial charge in [0.15, 0.2) is 0 Å². The summed E-state index contributed by atoms with van der Waals surface area (Å²) in [5, 5.41) is 2.85. The third-order valence-electron chi connectivity index (χ3n) is 3.98. The number of nitrogens with one attached hydrogen (secondary N) is 1. The Morgan fingerprint density at radius 2 is 2.22 bits per heavy atom. The molecule has 0 bridgehead atoms. The highest BCUT2D eigenvalue weighted by Gasteiger charge is 2.25. The molecule has 0 aromatic heterocycles. The summed E-state index contributed by atoms with van der Waals surface area (Å²) in [6.45, 7) is 1.62. The lowest BCUT2D eigenvalue weighted by atomic mass is 10.2. The molecule has 1 aliphatic heterocycles. The second-order valence-electron chi connectivity index (χ2n) is 5.65. The van der Waals surface area contributed by atoms with Gasteiger partial charge in [-0.15, -0.1) is 0 Å². The summed E-state index contributed by atoms with van der Waals surface area (Å²) >= 11 is 0. The van der Waals surface area contributed by atoms with E-state index in [1.165, 1.54) is 11.4 Å². The van der Waals surface area contributed by atoms with Crippen LogP contribution in [0.2, 0.25) is 0 Å². The zero-order valence-electron chi connectivity index (χ0n) is 13.7. The van der Waals surface area contributed by atoms with Crippen LogP contribution in [0, 0.1) is 0 Å². The van der Waals surface area contributed by atoms with Gasteiger partial charge in [-0.3, -0.25) is 4.31 Å². The minimum atomic E-state index is -3.30. The van der Waals surface area contributed by atoms with Crippen molar-refractivity contribution in [1.82, 2.24) is 10.2 Å². The zero-order valence-corrected chi connectivity index (χ0v) is 14.5. The van der Waals surface area contributed by atoms with Crippen molar-refractivity contribution < 1.29 is 17.9 Å². The van der Waals surface area contributed by atoms with Crippen molar-refractivity contribution >= 4 is 21.7 Å². The predicted octanol–water partition coefficient (Wildman–Crippen LogP) is 1.01. The average Bonchev–Trinajstić information content (AvgIpc) is 3.00. The molecule has 1 aromatic carbocycles. The summed E-state index contributed by atoms with van der Waals surface area (Å²) in [5.74, 6) is 0. The van der Waals surface area contributed by atoms with Crippen LogP contribution in [-0.2, 0) is 21.3 Å². The van der Waals surface area contributed by atoms with E-state index in [1.807, 2.05) is 6.07 Å². The number of rotatable bonds is 5. The Morgan fingerprint density at radius 1 is 1.48 bits per heavy atom. The number of hydrogen-bond donors (Lipinski definition) is 1. The molecule has 23 heavy (non-hydrogen) atoms. The van der Waals surface area contributed by atoms with E-state index in [0.717, 1.165) is 18.2 Å². The monoisotopic (exact) mass is 341 g/mol. The molecule has 0 radical (unpaired) electrons. The summed E-state index contributed by atoms with van der Waals surface area (Å²) in [5.41, 5.74) is 1.41. The number of amides is 2. The molecule has 1 saturated heterocycles. The number of benzene rings is 1.